The van der Waals surface area contributed by atoms with Crippen molar-refractivity contribution in [3.05, 3.63) is 10.6 Å². The molecule has 0 saturated heterocycles. The van der Waals surface area contributed by atoms with E-state index < -0.39 is 17.4 Å². The summed E-state index contributed by atoms with van der Waals surface area (Å²) in [6.07, 6.45) is 0. The van der Waals surface area contributed by atoms with Crippen LogP contribution in [0.25, 0.3) is 0 Å². The van der Waals surface area contributed by atoms with Crippen molar-refractivity contribution in [1.82, 2.24) is 5.27 Å². The summed E-state index contributed by atoms with van der Waals surface area (Å²) < 4.78 is 4.17. The Hall–Kier alpha value is -1.59. The third kappa shape index (κ3) is 0.790. The number of carbonyl (C=O) groups excluding carboxylic acids is 1. The van der Waals surface area contributed by atoms with Crippen molar-refractivity contribution in [3.8, 4) is 5.95 Å². The molecule has 0 atom stereocenters. The Labute approximate surface area is 54.6 Å². The minimum absolute atomic E-state index is 0.0532. The maximum atomic E-state index is 10.5. The van der Waals surface area contributed by atoms with E-state index >= 15 is 0 Å². The molecule has 1 aromatic heterocycles. The van der Waals surface area contributed by atoms with Crippen LogP contribution in [-0.4, -0.2) is 16.2 Å². The molecule has 0 amide bonds. The van der Waals surface area contributed by atoms with E-state index in [1.54, 1.807) is 5.27 Å². The van der Waals surface area contributed by atoms with Gasteiger partial charge in [0.25, 0.3) is 0 Å². The van der Waals surface area contributed by atoms with Crippen LogP contribution in [-0.2, 0) is 0 Å². The summed E-state index contributed by atoms with van der Waals surface area (Å²) in [6.45, 7) is 1.15. The lowest BCUT2D eigenvalue weighted by atomic mass is 10.3. The molecular weight excluding hydrogens is 140 g/mol. The highest BCUT2D eigenvalue weighted by molar-refractivity contribution is 5.92. The van der Waals surface area contributed by atoms with Crippen molar-refractivity contribution >= 4 is 5.78 Å². The third-order valence-electron chi connectivity index (χ3n) is 0.964. The van der Waals surface area contributed by atoms with Crippen LogP contribution >= 0.6 is 0 Å². The van der Waals surface area contributed by atoms with Crippen LogP contribution in [0.15, 0.2) is 4.52 Å². The van der Waals surface area contributed by atoms with Crippen LogP contribution in [0.1, 0.15) is 17.4 Å². The van der Waals surface area contributed by atoms with Gasteiger partial charge in [-0.25, -0.2) is 0 Å². The van der Waals surface area contributed by atoms with Gasteiger partial charge in [-0.05, 0) is 0 Å². The zero-order valence-electron chi connectivity index (χ0n) is 5.12. The fourth-order valence-electron chi connectivity index (χ4n) is 0.559. The Balaban J connectivity index is 3.37. The first-order valence-electron chi connectivity index (χ1n) is 2.47. The number of aromatic amines is 1. The maximum absolute atomic E-state index is 10.5. The average molecular weight is 145 g/mol. The van der Waals surface area contributed by atoms with Crippen molar-refractivity contribution in [3.63, 3.8) is 0 Å². The normalized spacial score (nSPS) is 9.70. The Morgan fingerprint density at radius 1 is 1.80 bits per heavy atom. The predicted molar refractivity (Wildman–Crippen MR) is 28.1 cm³/mol. The zero-order valence-corrected chi connectivity index (χ0v) is 5.12. The van der Waals surface area contributed by atoms with Crippen LogP contribution < -0.4 is 4.54 Å². The van der Waals surface area contributed by atoms with E-state index in [-0.39, 0.29) is 4.54 Å². The summed E-state index contributed by atoms with van der Waals surface area (Å²) in [5.41, 5.74) is -0.417. The second-order valence-corrected chi connectivity index (χ2v) is 1.70. The van der Waals surface area contributed by atoms with E-state index in [1.165, 1.54) is 0 Å². The zero-order chi connectivity index (χ0) is 7.72. The van der Waals surface area contributed by atoms with Gasteiger partial charge in [0.1, 0.15) is 0 Å². The first-order chi connectivity index (χ1) is 4.63. The second kappa shape index (κ2) is 1.98. The Morgan fingerprint density at radius 2 is 2.40 bits per heavy atom. The molecule has 0 aliphatic carbocycles. The smallest absolute Gasteiger partial charge is 0.419 e. The molecule has 10 heavy (non-hydrogen) atoms. The van der Waals surface area contributed by atoms with Gasteiger partial charge in [-0.15, -0.1) is 0 Å². The van der Waals surface area contributed by atoms with Gasteiger partial charge in [0, 0.05) is 12.2 Å². The Kier molecular flexibility index (Phi) is 1.29. The number of nitrogens with zero attached hydrogens (tertiary/aromatic N) is 1. The number of hydrogen-bond donors (Lipinski definition) is 2. The molecule has 0 aromatic carbocycles. The minimum atomic E-state index is -0.692. The molecular formula is C4H5N2O4+. The molecule has 0 saturated carbocycles. The maximum Gasteiger partial charge on any atom is 0.419 e. The van der Waals surface area contributed by atoms with Crippen LogP contribution in [0.4, 0.5) is 0 Å². The van der Waals surface area contributed by atoms with Crippen molar-refractivity contribution in [1.29, 1.82) is 0 Å². The first kappa shape index (κ1) is 6.53. The summed E-state index contributed by atoms with van der Waals surface area (Å²) >= 11 is 0. The number of carbonyl (C=O) groups is 1. The fraction of sp³-hybridized carbons (Fsp3) is 0.250. The van der Waals surface area contributed by atoms with Crippen LogP contribution in [0, 0.1) is 4.91 Å². The topological polar surface area (TPSA) is 89.2 Å². The number of nitrogens with one attached hydrogen (secondary N) is 1. The summed E-state index contributed by atoms with van der Waals surface area (Å²) in [5, 5.41) is 10.4. The van der Waals surface area contributed by atoms with E-state index in [9.17, 15) is 9.70 Å². The van der Waals surface area contributed by atoms with E-state index in [0.717, 1.165) is 6.92 Å². The molecule has 0 unspecified atom stereocenters. The number of ketones is 1. The molecule has 1 rings (SSSR count). The SMILES string of the molecule is CC(=O)c1c(O)o[nH][n+]1=O. The second-order valence-electron chi connectivity index (χ2n) is 1.70. The number of rotatable bonds is 1. The molecule has 0 aliphatic heterocycles. The predicted octanol–water partition coefficient (Wildman–Crippen LogP) is -0.570. The molecule has 2 N–H and O–H groups in total. The quantitative estimate of drug-likeness (QED) is 0.409. The highest BCUT2D eigenvalue weighted by atomic mass is 16.6. The number of aromatic hydroxyl groups is 1. The Bertz CT molecular complexity index is 309. The van der Waals surface area contributed by atoms with E-state index in [0.29, 0.717) is 0 Å². The molecule has 6 heteroatoms. The monoisotopic (exact) mass is 145 g/mol. The van der Waals surface area contributed by atoms with Crippen LogP contribution in [0.2, 0.25) is 0 Å². The summed E-state index contributed by atoms with van der Waals surface area (Å²) in [4.78, 5) is 21.0. The van der Waals surface area contributed by atoms with Gasteiger partial charge in [0.15, 0.2) is 0 Å². The summed E-state index contributed by atoms with van der Waals surface area (Å²) in [5.74, 6) is -1.25. The summed E-state index contributed by atoms with van der Waals surface area (Å²) in [6, 6.07) is 0. The first-order valence-corrected chi connectivity index (χ1v) is 2.47. The van der Waals surface area contributed by atoms with Crippen molar-refractivity contribution in [2.75, 3.05) is 0 Å². The minimum Gasteiger partial charge on any atom is -0.474 e. The van der Waals surface area contributed by atoms with E-state index in [2.05, 4.69) is 4.52 Å². The van der Waals surface area contributed by atoms with Crippen LogP contribution in [0.3, 0.4) is 0 Å². The lowest BCUT2D eigenvalue weighted by molar-refractivity contribution is -0.579. The molecule has 0 bridgehead atoms. The van der Waals surface area contributed by atoms with Gasteiger partial charge in [-0.2, -0.15) is 0 Å². The van der Waals surface area contributed by atoms with Gasteiger partial charge in [-0.1, -0.05) is 0 Å². The Morgan fingerprint density at radius 3 is 2.60 bits per heavy atom. The molecule has 0 aliphatic rings. The highest BCUT2D eigenvalue weighted by Gasteiger charge is 2.26. The van der Waals surface area contributed by atoms with Gasteiger partial charge >= 0.3 is 11.6 Å². The largest absolute Gasteiger partial charge is 0.474 e. The van der Waals surface area contributed by atoms with E-state index in [4.69, 9.17) is 5.11 Å². The molecule has 0 radical (unpaired) electrons. The number of H-pyrrole nitrogens is 1. The van der Waals surface area contributed by atoms with Gasteiger partial charge in [-0.3, -0.25) is 9.32 Å². The van der Waals surface area contributed by atoms with E-state index in [1.807, 2.05) is 0 Å². The molecule has 0 spiro atoms. The molecule has 54 valence electrons. The van der Waals surface area contributed by atoms with Crippen molar-refractivity contribution in [2.24, 2.45) is 0 Å². The number of hydrogen-bond acceptors (Lipinski definition) is 4. The van der Waals surface area contributed by atoms with Crippen molar-refractivity contribution in [2.45, 2.75) is 6.92 Å². The lowest BCUT2D eigenvalue weighted by Gasteiger charge is -1.72. The standard InChI is InChI=1S/C4H4N2O4/c1-2(7)3-4(8)10-5-6(3)9/h1H3,(H-,5,7,8,9)/p+1. The molecule has 0 fully saturated rings. The molecule has 6 nitrogen and oxygen atoms in total. The molecule has 1 heterocycles. The van der Waals surface area contributed by atoms with Gasteiger partial charge in [0.05, 0.1) is 4.91 Å². The van der Waals surface area contributed by atoms with Gasteiger partial charge < -0.3 is 5.11 Å². The highest BCUT2D eigenvalue weighted by Crippen LogP contribution is 2.08. The number of aromatic nitrogens is 2. The summed E-state index contributed by atoms with van der Waals surface area (Å²) in [7, 11) is 0. The molecule has 1 aromatic rings. The third-order valence-corrected chi connectivity index (χ3v) is 0.964. The van der Waals surface area contributed by atoms with Crippen LogP contribution in [0.5, 0.6) is 5.95 Å². The average Bonchev–Trinajstić information content (AvgIpc) is 2.11. The van der Waals surface area contributed by atoms with Gasteiger partial charge in [0.2, 0.25) is 10.3 Å². The lowest BCUT2D eigenvalue weighted by Crippen LogP contribution is -2.22. The fourth-order valence-corrected chi connectivity index (χ4v) is 0.559. The number of Topliss-reactive ketones (excluding diaryl/α,β-unsaturated/α-hetero) is 1. The van der Waals surface area contributed by atoms with Crippen molar-refractivity contribution < 1.29 is 19.0 Å².